The molecule has 57 heavy (non-hydrogen) atoms. The fourth-order valence-corrected chi connectivity index (χ4v) is 7.69. The van der Waals surface area contributed by atoms with Gasteiger partial charge in [-0.2, -0.15) is 13.2 Å². The Bertz CT molecular complexity index is 1870. The maximum atomic E-state index is 14.1. The Morgan fingerprint density at radius 2 is 1.33 bits per heavy atom. The summed E-state index contributed by atoms with van der Waals surface area (Å²) in [6.07, 6.45) is 3.62. The molecule has 2 fully saturated rings. The van der Waals surface area contributed by atoms with E-state index in [-0.39, 0.29) is 11.5 Å². The second kappa shape index (κ2) is 20.6. The number of unbranched alkanes of at least 4 members (excludes halogenated alkanes) is 1. The van der Waals surface area contributed by atoms with Gasteiger partial charge >= 0.3 is 6.18 Å². The molecule has 13 heteroatoms. The molecule has 0 radical (unpaired) electrons. The van der Waals surface area contributed by atoms with E-state index in [1.807, 2.05) is 12.1 Å². The molecule has 4 aromatic rings. The van der Waals surface area contributed by atoms with Crippen LogP contribution in [0, 0.1) is 5.82 Å². The molecule has 0 unspecified atom stereocenters. The summed E-state index contributed by atoms with van der Waals surface area (Å²) in [5.41, 5.74) is 0.947. The van der Waals surface area contributed by atoms with Gasteiger partial charge in [-0.15, -0.1) is 0 Å². The Hall–Kier alpha value is -4.07. The van der Waals surface area contributed by atoms with Crippen molar-refractivity contribution in [1.82, 2.24) is 24.3 Å². The maximum absolute atomic E-state index is 14.1. The largest absolute Gasteiger partial charge is 0.493 e. The predicted octanol–water partition coefficient (Wildman–Crippen LogP) is 9.90. The highest BCUT2D eigenvalue weighted by Gasteiger charge is 2.34. The molecular formula is C44H59F4N5O4. The van der Waals surface area contributed by atoms with Crippen LogP contribution in [0.25, 0.3) is 22.4 Å². The van der Waals surface area contributed by atoms with E-state index in [1.165, 1.54) is 18.9 Å². The Labute approximate surface area is 334 Å². The fourth-order valence-electron chi connectivity index (χ4n) is 7.69. The summed E-state index contributed by atoms with van der Waals surface area (Å²) in [6, 6.07) is 11.8. The first-order valence-corrected chi connectivity index (χ1v) is 21.0. The summed E-state index contributed by atoms with van der Waals surface area (Å²) < 4.78 is 82.2. The lowest BCUT2D eigenvalue weighted by Gasteiger charge is -2.18. The second-order valence-corrected chi connectivity index (χ2v) is 15.0. The van der Waals surface area contributed by atoms with Crippen molar-refractivity contribution in [3.63, 3.8) is 0 Å². The lowest BCUT2D eigenvalue weighted by atomic mass is 10.1. The number of halogens is 4. The number of imidazole rings is 1. The highest BCUT2D eigenvalue weighted by Crippen LogP contribution is 2.41. The van der Waals surface area contributed by atoms with Gasteiger partial charge in [0.1, 0.15) is 46.8 Å². The summed E-state index contributed by atoms with van der Waals surface area (Å²) in [5, 5.41) is 0. The SMILES string of the molecule is CCCCn1c(-c2ccc(Oc3ccc(F)c(C(F)(F)F)c3)cc2OCCN2CCCC2)nc2c(OCCCN(CC)CC)cc(OCCCN3CCCC3)cc21. The number of aromatic nitrogens is 2. The van der Waals surface area contributed by atoms with Crippen LogP contribution in [0.15, 0.2) is 48.5 Å². The fraction of sp³-hybridized carbons (Fsp3) is 0.568. The van der Waals surface area contributed by atoms with Crippen molar-refractivity contribution in [3.8, 4) is 40.1 Å². The van der Waals surface area contributed by atoms with Crippen molar-refractivity contribution in [2.24, 2.45) is 0 Å². The molecule has 3 heterocycles. The zero-order valence-corrected chi connectivity index (χ0v) is 33.8. The maximum Gasteiger partial charge on any atom is 0.419 e. The quantitative estimate of drug-likeness (QED) is 0.0576. The minimum absolute atomic E-state index is 0.134. The van der Waals surface area contributed by atoms with Crippen LogP contribution in [0.2, 0.25) is 0 Å². The average Bonchev–Trinajstić information content (AvgIpc) is 3.99. The van der Waals surface area contributed by atoms with Gasteiger partial charge in [0, 0.05) is 44.4 Å². The standard InChI is InChI=1S/C44H59F4N5O4/c1-4-7-24-53-39-30-35(54-26-13-23-51-18-8-9-19-51)32-41(55-27-12-22-50(5-2)6-3)42(39)49-43(53)36-16-14-34(31-40(36)56-28-25-52-20-10-11-21-52)57-33-15-17-38(45)37(29-33)44(46,47)48/h14-17,29-32H,4-13,18-28H2,1-3H3. The normalized spacial score (nSPS) is 15.3. The van der Waals surface area contributed by atoms with Gasteiger partial charge in [-0.1, -0.05) is 27.2 Å². The lowest BCUT2D eigenvalue weighted by molar-refractivity contribution is -0.140. The zero-order chi connectivity index (χ0) is 40.2. The van der Waals surface area contributed by atoms with Gasteiger partial charge in [0.2, 0.25) is 0 Å². The first-order chi connectivity index (χ1) is 27.7. The molecule has 0 saturated carbocycles. The molecule has 0 aliphatic carbocycles. The van der Waals surface area contributed by atoms with Crippen LogP contribution in [0.5, 0.6) is 28.7 Å². The molecule has 0 amide bonds. The Morgan fingerprint density at radius 1 is 0.684 bits per heavy atom. The summed E-state index contributed by atoms with van der Waals surface area (Å²) in [4.78, 5) is 12.5. The van der Waals surface area contributed by atoms with Crippen molar-refractivity contribution in [2.45, 2.75) is 84.9 Å². The highest BCUT2D eigenvalue weighted by atomic mass is 19.4. The molecule has 0 spiro atoms. The Kier molecular flexibility index (Phi) is 15.3. The number of hydrogen-bond acceptors (Lipinski definition) is 8. The number of aryl methyl sites for hydroxylation is 1. The smallest absolute Gasteiger partial charge is 0.419 e. The van der Waals surface area contributed by atoms with Crippen molar-refractivity contribution < 1.29 is 36.5 Å². The number of alkyl halides is 3. The first kappa shape index (κ1) is 42.5. The van der Waals surface area contributed by atoms with Crippen LogP contribution in [0.1, 0.15) is 77.7 Å². The van der Waals surface area contributed by atoms with Gasteiger partial charge in [-0.05, 0) is 115 Å². The number of hydrogen-bond donors (Lipinski definition) is 0. The van der Waals surface area contributed by atoms with Crippen LogP contribution in [-0.4, -0.2) is 103 Å². The van der Waals surface area contributed by atoms with Crippen molar-refractivity contribution in [1.29, 1.82) is 0 Å². The predicted molar refractivity (Wildman–Crippen MR) is 216 cm³/mol. The first-order valence-electron chi connectivity index (χ1n) is 21.0. The lowest BCUT2D eigenvalue weighted by Crippen LogP contribution is -2.25. The van der Waals surface area contributed by atoms with Gasteiger partial charge in [-0.3, -0.25) is 4.90 Å². The number of likely N-dealkylation sites (tertiary alicyclic amines) is 2. The summed E-state index contributed by atoms with van der Waals surface area (Å²) in [6.45, 7) is 17.7. The van der Waals surface area contributed by atoms with Crippen molar-refractivity contribution >= 4 is 11.0 Å². The molecule has 3 aromatic carbocycles. The van der Waals surface area contributed by atoms with E-state index >= 15 is 0 Å². The monoisotopic (exact) mass is 797 g/mol. The second-order valence-electron chi connectivity index (χ2n) is 15.0. The molecule has 2 saturated heterocycles. The van der Waals surface area contributed by atoms with E-state index in [0.717, 1.165) is 120 Å². The highest BCUT2D eigenvalue weighted by molar-refractivity contribution is 5.88. The summed E-state index contributed by atoms with van der Waals surface area (Å²) in [7, 11) is 0. The molecule has 312 valence electrons. The zero-order valence-electron chi connectivity index (χ0n) is 33.8. The van der Waals surface area contributed by atoms with E-state index in [2.05, 4.69) is 46.1 Å². The van der Waals surface area contributed by atoms with E-state index in [0.29, 0.717) is 55.3 Å². The van der Waals surface area contributed by atoms with E-state index in [4.69, 9.17) is 23.9 Å². The van der Waals surface area contributed by atoms with Gasteiger partial charge in [0.25, 0.3) is 0 Å². The molecule has 1 aromatic heterocycles. The number of fused-ring (bicyclic) bond motifs is 1. The Balaban J connectivity index is 1.35. The molecule has 2 aliphatic rings. The molecule has 9 nitrogen and oxygen atoms in total. The molecule has 0 atom stereocenters. The van der Waals surface area contributed by atoms with Gasteiger partial charge < -0.3 is 33.3 Å². The molecule has 0 N–H and O–H groups in total. The number of ether oxygens (including phenoxy) is 4. The van der Waals surface area contributed by atoms with Crippen molar-refractivity contribution in [3.05, 3.63) is 59.9 Å². The minimum Gasteiger partial charge on any atom is -0.493 e. The number of rotatable bonds is 22. The van der Waals surface area contributed by atoms with Gasteiger partial charge in [-0.25, -0.2) is 9.37 Å². The topological polar surface area (TPSA) is 64.5 Å². The van der Waals surface area contributed by atoms with E-state index < -0.39 is 17.6 Å². The number of nitrogens with zero attached hydrogens (tertiary/aromatic N) is 5. The molecule has 6 rings (SSSR count). The van der Waals surface area contributed by atoms with E-state index in [1.54, 1.807) is 12.1 Å². The Morgan fingerprint density at radius 3 is 2.04 bits per heavy atom. The third-order valence-electron chi connectivity index (χ3n) is 10.9. The summed E-state index contributed by atoms with van der Waals surface area (Å²) in [5.74, 6) is 1.32. The van der Waals surface area contributed by atoms with Crippen molar-refractivity contribution in [2.75, 3.05) is 78.7 Å². The molecule has 0 bridgehead atoms. The van der Waals surface area contributed by atoms with E-state index in [9.17, 15) is 17.6 Å². The van der Waals surface area contributed by atoms with Crippen LogP contribution in [-0.2, 0) is 12.7 Å². The van der Waals surface area contributed by atoms with Gasteiger partial charge in [0.05, 0.1) is 29.9 Å². The van der Waals surface area contributed by atoms with Crippen LogP contribution in [0.3, 0.4) is 0 Å². The van der Waals surface area contributed by atoms with Gasteiger partial charge in [0.15, 0.2) is 5.75 Å². The molecular weight excluding hydrogens is 739 g/mol. The number of benzene rings is 3. The van der Waals surface area contributed by atoms with Crippen LogP contribution < -0.4 is 18.9 Å². The average molecular weight is 798 g/mol. The van der Waals surface area contributed by atoms with Crippen LogP contribution in [0.4, 0.5) is 17.6 Å². The molecule has 2 aliphatic heterocycles. The minimum atomic E-state index is -4.86. The summed E-state index contributed by atoms with van der Waals surface area (Å²) >= 11 is 0. The van der Waals surface area contributed by atoms with Crippen LogP contribution >= 0.6 is 0 Å². The third kappa shape index (κ3) is 11.5. The third-order valence-corrected chi connectivity index (χ3v) is 10.9.